The van der Waals surface area contributed by atoms with E-state index in [9.17, 15) is 9.59 Å². The first kappa shape index (κ1) is 42.9. The van der Waals surface area contributed by atoms with Gasteiger partial charge in [0.2, 0.25) is 0 Å². The summed E-state index contributed by atoms with van der Waals surface area (Å²) < 4.78 is 20.7. The molecular weight excluding hydrogens is 695 g/mol. The van der Waals surface area contributed by atoms with Gasteiger partial charge in [-0.1, -0.05) is 108 Å². The second-order valence-electron chi connectivity index (χ2n) is 15.2. The van der Waals surface area contributed by atoms with Crippen molar-refractivity contribution in [2.45, 2.75) is 163 Å². The Labute approximate surface area is 329 Å². The van der Waals surface area contributed by atoms with Crippen LogP contribution in [0, 0.1) is 4.77 Å². The summed E-state index contributed by atoms with van der Waals surface area (Å²) in [5.74, 6) is -1.12. The van der Waals surface area contributed by atoms with Gasteiger partial charge >= 0.3 is 11.9 Å². The monoisotopic (exact) mass is 759 g/mol. The van der Waals surface area contributed by atoms with Crippen LogP contribution in [0.4, 0.5) is 0 Å². The first-order valence-electron chi connectivity index (χ1n) is 20.6. The molecule has 8 nitrogen and oxygen atoms in total. The minimum atomic E-state index is -0.794. The fourth-order valence-electron chi connectivity index (χ4n) is 7.55. The number of carbonyl (C=O) groups excluding carboxylic acids is 2. The summed E-state index contributed by atoms with van der Waals surface area (Å²) in [6, 6.07) is 14.0. The molecule has 0 fully saturated rings. The first-order valence-corrected chi connectivity index (χ1v) is 21.0. The standard InChI is InChI=1S/C45H65N3O5S/c1-8-10-11-12-13-14-15-16-17-18-19-20-21-25-34-26-24-29-38(51-9-2)40(34)42-39(43(49)52-31(3)4)33(7)46-36(41(42)44(50)53-32(5)6)30-48-37-28-23-22-27-35(37)47-45(48)54/h22-24,26-29,31-32,42,46H,8-21,25,30H2,1-7H3,(H,47,54). The number of nitrogens with zero attached hydrogens (tertiary/aromatic N) is 1. The Morgan fingerprint density at radius 2 is 1.33 bits per heavy atom. The van der Waals surface area contributed by atoms with Crippen molar-refractivity contribution in [2.24, 2.45) is 0 Å². The lowest BCUT2D eigenvalue weighted by molar-refractivity contribution is -0.143. The number of H-pyrrole nitrogens is 1. The van der Waals surface area contributed by atoms with Gasteiger partial charge in [-0.25, -0.2) is 9.59 Å². The lowest BCUT2D eigenvalue weighted by atomic mass is 9.77. The number of imidazole rings is 1. The number of fused-ring (bicyclic) bond motifs is 1. The minimum absolute atomic E-state index is 0.261. The number of aromatic amines is 1. The normalized spacial score (nSPS) is 14.6. The Kier molecular flexibility index (Phi) is 17.4. The third kappa shape index (κ3) is 11.8. The summed E-state index contributed by atoms with van der Waals surface area (Å²) in [7, 11) is 0. The molecule has 296 valence electrons. The van der Waals surface area contributed by atoms with Gasteiger partial charge in [0.15, 0.2) is 4.77 Å². The fraction of sp³-hybridized carbons (Fsp3) is 0.578. The Morgan fingerprint density at radius 3 is 1.93 bits per heavy atom. The van der Waals surface area contributed by atoms with Crippen LogP contribution in [0.1, 0.15) is 149 Å². The number of ether oxygens (including phenoxy) is 3. The molecule has 1 atom stereocenters. The number of hydrogen-bond donors (Lipinski definition) is 2. The molecule has 1 unspecified atom stereocenters. The molecule has 1 aromatic heterocycles. The van der Waals surface area contributed by atoms with E-state index in [2.05, 4.69) is 23.3 Å². The smallest absolute Gasteiger partial charge is 0.337 e. The third-order valence-corrected chi connectivity index (χ3v) is 10.4. The molecule has 1 aliphatic rings. The van der Waals surface area contributed by atoms with Gasteiger partial charge in [-0.15, -0.1) is 0 Å². The van der Waals surface area contributed by atoms with Crippen molar-refractivity contribution in [3.8, 4) is 5.75 Å². The highest BCUT2D eigenvalue weighted by Gasteiger charge is 2.42. The summed E-state index contributed by atoms with van der Waals surface area (Å²) in [6.07, 6.45) is 16.7. The summed E-state index contributed by atoms with van der Waals surface area (Å²) >= 11 is 5.79. The van der Waals surface area contributed by atoms with Gasteiger partial charge in [0.25, 0.3) is 0 Å². The van der Waals surface area contributed by atoms with Crippen molar-refractivity contribution in [1.82, 2.24) is 14.9 Å². The molecule has 4 rings (SSSR count). The van der Waals surface area contributed by atoms with E-state index in [0.29, 0.717) is 39.7 Å². The number of aryl methyl sites for hydroxylation is 1. The number of benzene rings is 2. The van der Waals surface area contributed by atoms with E-state index in [-0.39, 0.29) is 18.8 Å². The molecule has 54 heavy (non-hydrogen) atoms. The lowest BCUT2D eigenvalue weighted by Gasteiger charge is -2.34. The molecule has 1 aliphatic heterocycles. The first-order chi connectivity index (χ1) is 26.1. The van der Waals surface area contributed by atoms with Crippen LogP contribution in [0.2, 0.25) is 0 Å². The van der Waals surface area contributed by atoms with Crippen LogP contribution < -0.4 is 10.1 Å². The molecule has 0 saturated carbocycles. The highest BCUT2D eigenvalue weighted by atomic mass is 32.1. The molecule has 0 radical (unpaired) electrons. The van der Waals surface area contributed by atoms with Crippen molar-refractivity contribution in [3.63, 3.8) is 0 Å². The van der Waals surface area contributed by atoms with Crippen LogP contribution >= 0.6 is 12.2 Å². The molecule has 2 heterocycles. The van der Waals surface area contributed by atoms with Gasteiger partial charge < -0.3 is 29.1 Å². The van der Waals surface area contributed by atoms with Gasteiger partial charge in [-0.3, -0.25) is 0 Å². The summed E-state index contributed by atoms with van der Waals surface area (Å²) in [5, 5.41) is 3.46. The van der Waals surface area contributed by atoms with Gasteiger partial charge in [-0.2, -0.15) is 0 Å². The molecule has 0 saturated heterocycles. The Balaban J connectivity index is 1.69. The highest BCUT2D eigenvalue weighted by molar-refractivity contribution is 7.71. The number of hydrogen-bond acceptors (Lipinski definition) is 7. The van der Waals surface area contributed by atoms with Crippen LogP contribution in [0.3, 0.4) is 0 Å². The summed E-state index contributed by atoms with van der Waals surface area (Å²) in [6.45, 7) is 14.1. The Bertz CT molecular complexity index is 1800. The van der Waals surface area contributed by atoms with E-state index in [1.54, 1.807) is 0 Å². The van der Waals surface area contributed by atoms with Gasteiger partial charge in [0.05, 0.1) is 53.5 Å². The van der Waals surface area contributed by atoms with Crippen LogP contribution in [-0.2, 0) is 32.0 Å². The molecule has 0 amide bonds. The van der Waals surface area contributed by atoms with Gasteiger partial charge in [0, 0.05) is 17.0 Å². The topological polar surface area (TPSA) is 94.6 Å². The van der Waals surface area contributed by atoms with Gasteiger partial charge in [0.1, 0.15) is 5.75 Å². The average Bonchev–Trinajstić information content (AvgIpc) is 3.43. The number of unbranched alkanes of at least 4 members (excludes halogenated alkanes) is 12. The molecule has 2 N–H and O–H groups in total. The average molecular weight is 760 g/mol. The molecule has 3 aromatic rings. The Morgan fingerprint density at radius 1 is 0.759 bits per heavy atom. The molecule has 2 aromatic carbocycles. The highest BCUT2D eigenvalue weighted by Crippen LogP contribution is 2.45. The second-order valence-corrected chi connectivity index (χ2v) is 15.6. The number of nitrogens with one attached hydrogen (secondary N) is 2. The maximum atomic E-state index is 14.5. The maximum absolute atomic E-state index is 14.5. The van der Waals surface area contributed by atoms with E-state index in [1.165, 1.54) is 70.6 Å². The van der Waals surface area contributed by atoms with Crippen molar-refractivity contribution in [3.05, 3.63) is 80.9 Å². The van der Waals surface area contributed by atoms with E-state index in [0.717, 1.165) is 41.4 Å². The maximum Gasteiger partial charge on any atom is 0.337 e. The van der Waals surface area contributed by atoms with Crippen LogP contribution in [0.25, 0.3) is 11.0 Å². The van der Waals surface area contributed by atoms with Crippen LogP contribution in [0.5, 0.6) is 5.75 Å². The SMILES string of the molecule is CCCCCCCCCCCCCCCc1cccc(OCC)c1C1C(C(=O)OC(C)C)=C(C)NC(Cn2c(=S)[nH]c3ccccc32)=C1C(=O)OC(C)C. The number of allylic oxidation sites excluding steroid dienone is 2. The predicted molar refractivity (Wildman–Crippen MR) is 222 cm³/mol. The number of rotatable bonds is 23. The van der Waals surface area contributed by atoms with Crippen molar-refractivity contribution in [2.75, 3.05) is 6.61 Å². The number of dihydropyridines is 1. The van der Waals surface area contributed by atoms with Gasteiger partial charge in [-0.05, 0) is 90.4 Å². The van der Waals surface area contributed by atoms with Crippen LogP contribution in [-0.4, -0.2) is 40.3 Å². The predicted octanol–water partition coefficient (Wildman–Crippen LogP) is 11.5. The number of esters is 2. The number of aromatic nitrogens is 2. The molecular formula is C45H65N3O5S. The zero-order valence-electron chi connectivity index (χ0n) is 34.0. The van der Waals surface area contributed by atoms with E-state index in [1.807, 2.05) is 82.5 Å². The molecule has 0 bridgehead atoms. The van der Waals surface area contributed by atoms with Crippen LogP contribution in [0.15, 0.2) is 65.0 Å². The lowest BCUT2D eigenvalue weighted by Crippen LogP contribution is -2.36. The molecule has 0 aliphatic carbocycles. The van der Waals surface area contributed by atoms with E-state index < -0.39 is 17.9 Å². The van der Waals surface area contributed by atoms with Crippen molar-refractivity contribution < 1.29 is 23.8 Å². The summed E-state index contributed by atoms with van der Waals surface area (Å²) in [4.78, 5) is 31.9. The third-order valence-electron chi connectivity index (χ3n) is 10.1. The molecule has 0 spiro atoms. The minimum Gasteiger partial charge on any atom is -0.494 e. The molecule has 9 heteroatoms. The summed E-state index contributed by atoms with van der Waals surface area (Å²) in [5.41, 5.74) is 5.64. The fourth-order valence-corrected chi connectivity index (χ4v) is 7.82. The quantitative estimate of drug-likeness (QED) is 0.0565. The van der Waals surface area contributed by atoms with Crippen molar-refractivity contribution >= 4 is 35.2 Å². The largest absolute Gasteiger partial charge is 0.494 e. The van der Waals surface area contributed by atoms with E-state index >= 15 is 0 Å². The zero-order valence-corrected chi connectivity index (χ0v) is 34.8. The van der Waals surface area contributed by atoms with Crippen molar-refractivity contribution in [1.29, 1.82) is 0 Å². The zero-order chi connectivity index (χ0) is 39.0. The number of para-hydroxylation sites is 2. The Hall–Kier alpha value is -3.85. The van der Waals surface area contributed by atoms with E-state index in [4.69, 9.17) is 26.4 Å². The number of carbonyl (C=O) groups is 2. The second kappa shape index (κ2) is 21.9.